The van der Waals surface area contributed by atoms with Gasteiger partial charge in [-0.1, -0.05) is 17.8 Å². The van der Waals surface area contributed by atoms with Gasteiger partial charge >= 0.3 is 0 Å². The van der Waals surface area contributed by atoms with Gasteiger partial charge < -0.3 is 5.73 Å². The molecule has 0 unspecified atom stereocenters. The Hall–Kier alpha value is -0.770. The predicted octanol–water partition coefficient (Wildman–Crippen LogP) is 2.58. The van der Waals surface area contributed by atoms with Crippen molar-refractivity contribution in [3.8, 4) is 0 Å². The molecule has 2 N–H and O–H groups in total. The fraction of sp³-hybridized carbons (Fsp3) is 0.143. The SMILES string of the molecule is Nc1cccc(SC(F)F)c1. The van der Waals surface area contributed by atoms with E-state index in [-0.39, 0.29) is 0 Å². The minimum atomic E-state index is -2.38. The smallest absolute Gasteiger partial charge is 0.288 e. The summed E-state index contributed by atoms with van der Waals surface area (Å²) in [7, 11) is 0. The highest BCUT2D eigenvalue weighted by Crippen LogP contribution is 2.25. The van der Waals surface area contributed by atoms with Gasteiger partial charge in [-0.05, 0) is 18.2 Å². The highest BCUT2D eigenvalue weighted by Gasteiger charge is 2.03. The molecule has 0 amide bonds. The Balaban J connectivity index is 2.71. The summed E-state index contributed by atoms with van der Waals surface area (Å²) >= 11 is 0.499. The highest BCUT2D eigenvalue weighted by molar-refractivity contribution is 7.99. The van der Waals surface area contributed by atoms with E-state index in [1.54, 1.807) is 18.2 Å². The molecule has 1 rings (SSSR count). The summed E-state index contributed by atoms with van der Waals surface area (Å²) in [6.07, 6.45) is 0. The third kappa shape index (κ3) is 2.76. The molecule has 1 aromatic rings. The molecule has 11 heavy (non-hydrogen) atoms. The van der Waals surface area contributed by atoms with Gasteiger partial charge in [0.05, 0.1) is 0 Å². The number of nitrogen functional groups attached to an aromatic ring is 1. The van der Waals surface area contributed by atoms with Crippen LogP contribution < -0.4 is 5.73 Å². The first-order valence-electron chi connectivity index (χ1n) is 2.99. The van der Waals surface area contributed by atoms with E-state index in [0.717, 1.165) is 0 Å². The molecule has 0 radical (unpaired) electrons. The third-order valence-electron chi connectivity index (χ3n) is 1.08. The van der Waals surface area contributed by atoms with Gasteiger partial charge in [0.15, 0.2) is 0 Å². The van der Waals surface area contributed by atoms with Gasteiger partial charge in [0.2, 0.25) is 0 Å². The maximum Gasteiger partial charge on any atom is 0.288 e. The van der Waals surface area contributed by atoms with Crippen LogP contribution in [0.1, 0.15) is 0 Å². The number of anilines is 1. The van der Waals surface area contributed by atoms with Gasteiger partial charge in [0, 0.05) is 10.6 Å². The summed E-state index contributed by atoms with van der Waals surface area (Å²) in [5.74, 6) is -2.38. The second-order valence-corrected chi connectivity index (χ2v) is 3.01. The Kier molecular flexibility index (Phi) is 2.70. The monoisotopic (exact) mass is 175 g/mol. The van der Waals surface area contributed by atoms with Crippen LogP contribution in [0.4, 0.5) is 14.5 Å². The van der Waals surface area contributed by atoms with E-state index in [1.165, 1.54) is 6.07 Å². The first kappa shape index (κ1) is 8.33. The van der Waals surface area contributed by atoms with Crippen LogP contribution in [0.5, 0.6) is 0 Å². The topological polar surface area (TPSA) is 26.0 Å². The van der Waals surface area contributed by atoms with E-state index in [1.807, 2.05) is 0 Å². The van der Waals surface area contributed by atoms with Crippen LogP contribution in [-0.4, -0.2) is 5.76 Å². The zero-order valence-corrected chi connectivity index (χ0v) is 6.44. The van der Waals surface area contributed by atoms with Crippen molar-refractivity contribution in [3.05, 3.63) is 24.3 Å². The molecule has 0 aliphatic rings. The lowest BCUT2D eigenvalue weighted by Crippen LogP contribution is -1.85. The standard InChI is InChI=1S/C7H7F2NS/c8-7(9)11-6-3-1-2-5(10)4-6/h1-4,7H,10H2. The number of hydrogen-bond acceptors (Lipinski definition) is 2. The molecule has 0 aromatic heterocycles. The molecule has 4 heteroatoms. The van der Waals surface area contributed by atoms with E-state index < -0.39 is 5.76 Å². The Morgan fingerprint density at radius 3 is 2.64 bits per heavy atom. The molecule has 0 aliphatic carbocycles. The molecule has 0 saturated heterocycles. The zero-order valence-electron chi connectivity index (χ0n) is 5.63. The quantitative estimate of drug-likeness (QED) is 0.552. The van der Waals surface area contributed by atoms with Crippen LogP contribution in [0.3, 0.4) is 0 Å². The molecule has 0 atom stereocenters. The van der Waals surface area contributed by atoms with E-state index in [9.17, 15) is 8.78 Å². The van der Waals surface area contributed by atoms with Gasteiger partial charge in [0.25, 0.3) is 5.76 Å². The maximum absolute atomic E-state index is 11.8. The second kappa shape index (κ2) is 3.57. The van der Waals surface area contributed by atoms with Crippen LogP contribution in [0.2, 0.25) is 0 Å². The normalized spacial score (nSPS) is 10.5. The average Bonchev–Trinajstić information content (AvgIpc) is 1.85. The van der Waals surface area contributed by atoms with E-state index in [0.29, 0.717) is 22.3 Å². The van der Waals surface area contributed by atoms with Gasteiger partial charge in [-0.25, -0.2) is 0 Å². The number of thioether (sulfide) groups is 1. The van der Waals surface area contributed by atoms with E-state index >= 15 is 0 Å². The minimum absolute atomic E-state index is 0.499. The second-order valence-electron chi connectivity index (χ2n) is 1.95. The van der Waals surface area contributed by atoms with Crippen molar-refractivity contribution in [2.45, 2.75) is 10.7 Å². The summed E-state index contributed by atoms with van der Waals surface area (Å²) in [6, 6.07) is 6.44. The first-order chi connectivity index (χ1) is 5.18. The Morgan fingerprint density at radius 1 is 1.36 bits per heavy atom. The predicted molar refractivity (Wildman–Crippen MR) is 42.7 cm³/mol. The molecule has 0 saturated carbocycles. The number of benzene rings is 1. The lowest BCUT2D eigenvalue weighted by molar-refractivity contribution is 0.252. The fourth-order valence-electron chi connectivity index (χ4n) is 0.691. The van der Waals surface area contributed by atoms with E-state index in [2.05, 4.69) is 0 Å². The molecule has 60 valence electrons. The number of hydrogen-bond donors (Lipinski definition) is 1. The lowest BCUT2D eigenvalue weighted by atomic mass is 10.3. The number of rotatable bonds is 2. The van der Waals surface area contributed by atoms with Crippen LogP contribution >= 0.6 is 11.8 Å². The highest BCUT2D eigenvalue weighted by atomic mass is 32.2. The molecule has 0 heterocycles. The molecule has 0 aliphatic heterocycles. The fourth-order valence-corrected chi connectivity index (χ4v) is 1.26. The lowest BCUT2D eigenvalue weighted by Gasteiger charge is -1.99. The van der Waals surface area contributed by atoms with Gasteiger partial charge in [-0.2, -0.15) is 8.78 Å². The van der Waals surface area contributed by atoms with Gasteiger partial charge in [-0.15, -0.1) is 0 Å². The summed E-state index contributed by atoms with van der Waals surface area (Å²) in [5, 5.41) is 0. The summed E-state index contributed by atoms with van der Waals surface area (Å²) in [6.45, 7) is 0. The molecule has 0 spiro atoms. The summed E-state index contributed by atoms with van der Waals surface area (Å²) in [4.78, 5) is 0.500. The van der Waals surface area contributed by atoms with Gasteiger partial charge in [-0.3, -0.25) is 0 Å². The Bertz CT molecular complexity index is 240. The summed E-state index contributed by atoms with van der Waals surface area (Å²) < 4.78 is 23.5. The van der Waals surface area contributed by atoms with Crippen molar-refractivity contribution >= 4 is 17.4 Å². The average molecular weight is 175 g/mol. The molecular weight excluding hydrogens is 168 g/mol. The molecule has 0 bridgehead atoms. The van der Waals surface area contributed by atoms with Crippen LogP contribution in [0.25, 0.3) is 0 Å². The van der Waals surface area contributed by atoms with Crippen molar-refractivity contribution in [3.63, 3.8) is 0 Å². The van der Waals surface area contributed by atoms with Crippen molar-refractivity contribution in [2.75, 3.05) is 5.73 Å². The van der Waals surface area contributed by atoms with Crippen LogP contribution in [0.15, 0.2) is 29.2 Å². The zero-order chi connectivity index (χ0) is 8.27. The number of alkyl halides is 2. The van der Waals surface area contributed by atoms with Gasteiger partial charge in [0.1, 0.15) is 0 Å². The maximum atomic E-state index is 11.8. The van der Waals surface area contributed by atoms with Crippen molar-refractivity contribution in [1.82, 2.24) is 0 Å². The molecule has 0 fully saturated rings. The third-order valence-corrected chi connectivity index (χ3v) is 1.79. The minimum Gasteiger partial charge on any atom is -0.399 e. The number of nitrogens with two attached hydrogens (primary N) is 1. The summed E-state index contributed by atoms with van der Waals surface area (Å²) in [5.41, 5.74) is 5.89. The molecule has 1 aromatic carbocycles. The Morgan fingerprint density at radius 2 is 2.09 bits per heavy atom. The first-order valence-corrected chi connectivity index (χ1v) is 3.87. The van der Waals surface area contributed by atoms with Crippen LogP contribution in [0, 0.1) is 0 Å². The van der Waals surface area contributed by atoms with E-state index in [4.69, 9.17) is 5.73 Å². The van der Waals surface area contributed by atoms with Crippen molar-refractivity contribution in [2.24, 2.45) is 0 Å². The number of halogens is 2. The van der Waals surface area contributed by atoms with Crippen molar-refractivity contribution in [1.29, 1.82) is 0 Å². The largest absolute Gasteiger partial charge is 0.399 e. The molecule has 1 nitrogen and oxygen atoms in total. The molecular formula is C7H7F2NS. The Labute approximate surface area is 67.6 Å². The van der Waals surface area contributed by atoms with Crippen molar-refractivity contribution < 1.29 is 8.78 Å². The van der Waals surface area contributed by atoms with Crippen LogP contribution in [-0.2, 0) is 0 Å².